The van der Waals surface area contributed by atoms with Crippen LogP contribution in [-0.4, -0.2) is 35.2 Å². The summed E-state index contributed by atoms with van der Waals surface area (Å²) in [7, 11) is 0. The molecule has 43 valence electrons. The standard InChI is InChI=1S/3Co.2GeH4/h;;;2*1H4. The minimum absolute atomic E-state index is 0. The summed E-state index contributed by atoms with van der Waals surface area (Å²) in [6.07, 6.45) is 0. The van der Waals surface area contributed by atoms with Gasteiger partial charge in [0.1, 0.15) is 0 Å². The molecule has 0 saturated heterocycles. The second kappa shape index (κ2) is 30.6. The molecule has 0 aliphatic heterocycles. The second-order valence-electron chi connectivity index (χ2n) is 0. The van der Waals surface area contributed by atoms with Gasteiger partial charge in [-0.05, 0) is 0 Å². The predicted molar refractivity (Wildman–Crippen MR) is 22.7 cm³/mol. The second-order valence-corrected chi connectivity index (χ2v) is 0. The summed E-state index contributed by atoms with van der Waals surface area (Å²) in [5, 5.41) is 0. The van der Waals surface area contributed by atoms with E-state index in [1.165, 1.54) is 0 Å². The summed E-state index contributed by atoms with van der Waals surface area (Å²) in [5.74, 6) is 0. The van der Waals surface area contributed by atoms with Crippen molar-refractivity contribution in [1.29, 1.82) is 0 Å². The normalized spacial score (nSPS) is 0. The van der Waals surface area contributed by atoms with Crippen LogP contribution in [0.15, 0.2) is 0 Å². The Bertz CT molecular complexity index is 4.85. The molecular weight excluding hydrogens is 322 g/mol. The van der Waals surface area contributed by atoms with E-state index < -0.39 is 0 Å². The summed E-state index contributed by atoms with van der Waals surface area (Å²) in [5.41, 5.74) is 0. The molecule has 3 radical (unpaired) electrons. The topological polar surface area (TPSA) is 0 Å². The zero-order valence-corrected chi connectivity index (χ0v) is 4.12. The van der Waals surface area contributed by atoms with Crippen LogP contribution < -0.4 is 0 Å². The number of hydrogen-bond acceptors (Lipinski definition) is 0. The molecular formula is H8Co3Ge2. The van der Waals surface area contributed by atoms with E-state index in [0.29, 0.717) is 0 Å². The van der Waals surface area contributed by atoms with Crippen LogP contribution in [0.5, 0.6) is 0 Å². The van der Waals surface area contributed by atoms with Crippen molar-refractivity contribution in [3.63, 3.8) is 0 Å². The van der Waals surface area contributed by atoms with Crippen molar-refractivity contribution >= 4 is 35.2 Å². The summed E-state index contributed by atoms with van der Waals surface area (Å²) in [4.78, 5) is 0. The Morgan fingerprint density at radius 3 is 0.400 bits per heavy atom. The van der Waals surface area contributed by atoms with Crippen LogP contribution in [0.3, 0.4) is 0 Å². The van der Waals surface area contributed by atoms with Crippen molar-refractivity contribution in [2.45, 2.75) is 0 Å². The SMILES string of the molecule is [Co].[Co].[Co].[GeH4].[GeH4]. The minimum atomic E-state index is 0. The molecule has 0 aromatic rings. The van der Waals surface area contributed by atoms with E-state index >= 15 is 0 Å². The molecule has 0 aromatic carbocycles. The van der Waals surface area contributed by atoms with Gasteiger partial charge in [-0.1, -0.05) is 0 Å². The van der Waals surface area contributed by atoms with E-state index in [2.05, 4.69) is 0 Å². The van der Waals surface area contributed by atoms with E-state index in [-0.39, 0.29) is 85.5 Å². The first-order valence-electron chi connectivity index (χ1n) is 0. The van der Waals surface area contributed by atoms with Gasteiger partial charge in [0.25, 0.3) is 0 Å². The third-order valence-corrected chi connectivity index (χ3v) is 0. The number of hydrogen-bond donors (Lipinski definition) is 0. The summed E-state index contributed by atoms with van der Waals surface area (Å²) < 4.78 is 0. The molecule has 0 bridgehead atoms. The van der Waals surface area contributed by atoms with E-state index in [1.54, 1.807) is 0 Å². The maximum absolute atomic E-state index is 0. The number of rotatable bonds is 0. The molecule has 0 amide bonds. The first-order valence-corrected chi connectivity index (χ1v) is 0. The Morgan fingerprint density at radius 2 is 0.400 bits per heavy atom. The Morgan fingerprint density at radius 1 is 0.400 bits per heavy atom. The maximum atomic E-state index is 0. The molecule has 0 N–H and O–H groups in total. The molecule has 0 spiro atoms. The third kappa shape index (κ3) is 20.6. The molecule has 0 rings (SSSR count). The molecule has 0 aliphatic carbocycles. The van der Waals surface area contributed by atoms with Crippen molar-refractivity contribution in [2.75, 3.05) is 0 Å². The van der Waals surface area contributed by atoms with Crippen molar-refractivity contribution in [1.82, 2.24) is 0 Å². The van der Waals surface area contributed by atoms with Gasteiger partial charge in [-0.2, -0.15) is 0 Å². The van der Waals surface area contributed by atoms with Crippen LogP contribution in [0.4, 0.5) is 0 Å². The molecule has 0 aromatic heterocycles. The van der Waals surface area contributed by atoms with Crippen molar-refractivity contribution in [2.24, 2.45) is 0 Å². The van der Waals surface area contributed by atoms with E-state index in [4.69, 9.17) is 0 Å². The molecule has 0 atom stereocenters. The molecule has 5 heteroatoms. The van der Waals surface area contributed by atoms with Crippen LogP contribution in [0.1, 0.15) is 0 Å². The zero-order chi connectivity index (χ0) is 0. The quantitative estimate of drug-likeness (QED) is 0.418. The van der Waals surface area contributed by atoms with Gasteiger partial charge in [-0.15, -0.1) is 0 Å². The molecule has 0 saturated carbocycles. The van der Waals surface area contributed by atoms with Crippen molar-refractivity contribution in [3.05, 3.63) is 0 Å². The Kier molecular flexibility index (Phi) is 299. The van der Waals surface area contributed by atoms with E-state index in [0.717, 1.165) is 0 Å². The summed E-state index contributed by atoms with van der Waals surface area (Å²) >= 11 is 0. The van der Waals surface area contributed by atoms with Crippen molar-refractivity contribution in [3.8, 4) is 0 Å². The first-order chi connectivity index (χ1) is 0. The van der Waals surface area contributed by atoms with Crippen LogP contribution in [0.2, 0.25) is 0 Å². The fraction of sp³-hybridized carbons (Fsp3) is 0. The van der Waals surface area contributed by atoms with Gasteiger partial charge in [0.05, 0.1) is 0 Å². The van der Waals surface area contributed by atoms with Crippen LogP contribution in [0.25, 0.3) is 0 Å². The fourth-order valence-corrected chi connectivity index (χ4v) is 0. The molecule has 0 unspecified atom stereocenters. The zero-order valence-electron chi connectivity index (χ0n) is 1.00. The summed E-state index contributed by atoms with van der Waals surface area (Å²) in [6.45, 7) is 0. The molecule has 0 aliphatic rings. The van der Waals surface area contributed by atoms with Gasteiger partial charge in [-0.25, -0.2) is 0 Å². The monoisotopic (exact) mass is 333 g/mol. The predicted octanol–water partition coefficient (Wildman–Crippen LogP) is -2.91. The average Bonchev–Trinajstić information content (AvgIpc) is 0. The van der Waals surface area contributed by atoms with Gasteiger partial charge < -0.3 is 0 Å². The summed E-state index contributed by atoms with van der Waals surface area (Å²) in [6, 6.07) is 0. The molecule has 0 heterocycles. The van der Waals surface area contributed by atoms with E-state index in [1.807, 2.05) is 0 Å². The van der Waals surface area contributed by atoms with Crippen LogP contribution in [0, 0.1) is 0 Å². The fourth-order valence-electron chi connectivity index (χ4n) is 0. The Hall–Kier alpha value is 2.61. The molecule has 0 fully saturated rings. The van der Waals surface area contributed by atoms with Gasteiger partial charge in [0.2, 0.25) is 0 Å². The Balaban J connectivity index is 0. The van der Waals surface area contributed by atoms with Gasteiger partial charge >= 0.3 is 35.2 Å². The average molecular weight is 330 g/mol. The van der Waals surface area contributed by atoms with Gasteiger partial charge in [-0.3, -0.25) is 0 Å². The van der Waals surface area contributed by atoms with Crippen LogP contribution in [-0.2, 0) is 50.3 Å². The van der Waals surface area contributed by atoms with Gasteiger partial charge in [0.15, 0.2) is 0 Å². The van der Waals surface area contributed by atoms with E-state index in [9.17, 15) is 0 Å². The Labute approximate surface area is 84.5 Å². The molecule has 0 nitrogen and oxygen atoms in total. The van der Waals surface area contributed by atoms with Crippen molar-refractivity contribution < 1.29 is 50.3 Å². The third-order valence-electron chi connectivity index (χ3n) is 0. The van der Waals surface area contributed by atoms with Crippen LogP contribution >= 0.6 is 0 Å². The first kappa shape index (κ1) is 48.9. The van der Waals surface area contributed by atoms with Gasteiger partial charge in [0, 0.05) is 50.3 Å². The molecule has 5 heavy (non-hydrogen) atoms.